The van der Waals surface area contributed by atoms with Crippen LogP contribution in [-0.2, 0) is 5.41 Å². The molecule has 0 saturated heterocycles. The SMILES string of the molecule is CCN(CC)c1c(C(C)(C)C)oc(C)c1C(=O)O. The highest BCUT2D eigenvalue weighted by atomic mass is 16.4. The van der Waals surface area contributed by atoms with E-state index in [0.717, 1.165) is 24.5 Å². The van der Waals surface area contributed by atoms with Crippen LogP contribution in [0.5, 0.6) is 0 Å². The molecule has 0 fully saturated rings. The Labute approximate surface area is 109 Å². The van der Waals surface area contributed by atoms with Crippen LogP contribution >= 0.6 is 0 Å². The summed E-state index contributed by atoms with van der Waals surface area (Å²) in [5.41, 5.74) is 0.817. The average molecular weight is 253 g/mol. The fourth-order valence-electron chi connectivity index (χ4n) is 2.13. The molecule has 1 heterocycles. The van der Waals surface area contributed by atoms with E-state index in [1.165, 1.54) is 0 Å². The minimum atomic E-state index is -0.923. The van der Waals surface area contributed by atoms with Gasteiger partial charge in [0.05, 0.1) is 5.69 Å². The van der Waals surface area contributed by atoms with Crippen LogP contribution < -0.4 is 4.90 Å². The van der Waals surface area contributed by atoms with Gasteiger partial charge in [-0.25, -0.2) is 4.79 Å². The Morgan fingerprint density at radius 2 is 1.78 bits per heavy atom. The lowest BCUT2D eigenvalue weighted by Crippen LogP contribution is -2.27. The van der Waals surface area contributed by atoms with Gasteiger partial charge in [-0.05, 0) is 20.8 Å². The van der Waals surface area contributed by atoms with E-state index >= 15 is 0 Å². The minimum Gasteiger partial charge on any atom is -0.477 e. The first-order valence-corrected chi connectivity index (χ1v) is 6.36. The topological polar surface area (TPSA) is 53.7 Å². The Hall–Kier alpha value is -1.45. The van der Waals surface area contributed by atoms with Crippen molar-refractivity contribution in [3.63, 3.8) is 0 Å². The fraction of sp³-hybridized carbons (Fsp3) is 0.643. The third-order valence-electron chi connectivity index (χ3n) is 3.03. The Balaban J connectivity index is 3.55. The summed E-state index contributed by atoms with van der Waals surface area (Å²) < 4.78 is 5.73. The highest BCUT2D eigenvalue weighted by molar-refractivity contribution is 5.96. The molecule has 0 unspecified atom stereocenters. The molecule has 0 aliphatic heterocycles. The van der Waals surface area contributed by atoms with E-state index in [-0.39, 0.29) is 5.41 Å². The van der Waals surface area contributed by atoms with Crippen molar-refractivity contribution in [1.82, 2.24) is 0 Å². The van der Waals surface area contributed by atoms with Crippen LogP contribution in [0.15, 0.2) is 4.42 Å². The average Bonchev–Trinajstić information content (AvgIpc) is 2.57. The normalized spacial score (nSPS) is 11.7. The summed E-state index contributed by atoms with van der Waals surface area (Å²) in [6, 6.07) is 0. The highest BCUT2D eigenvalue weighted by Gasteiger charge is 2.32. The number of aromatic carboxylic acids is 1. The smallest absolute Gasteiger partial charge is 0.341 e. The first-order valence-electron chi connectivity index (χ1n) is 6.36. The zero-order valence-electron chi connectivity index (χ0n) is 12.1. The van der Waals surface area contributed by atoms with Gasteiger partial charge in [0.2, 0.25) is 0 Å². The van der Waals surface area contributed by atoms with E-state index in [0.29, 0.717) is 11.3 Å². The van der Waals surface area contributed by atoms with Gasteiger partial charge in [-0.1, -0.05) is 20.8 Å². The van der Waals surface area contributed by atoms with E-state index < -0.39 is 5.97 Å². The maximum absolute atomic E-state index is 11.4. The molecule has 0 aliphatic rings. The monoisotopic (exact) mass is 253 g/mol. The van der Waals surface area contributed by atoms with E-state index in [2.05, 4.69) is 0 Å². The predicted octanol–water partition coefficient (Wildman–Crippen LogP) is 3.43. The summed E-state index contributed by atoms with van der Waals surface area (Å²) in [7, 11) is 0. The van der Waals surface area contributed by atoms with Crippen LogP contribution in [0.4, 0.5) is 5.69 Å². The van der Waals surface area contributed by atoms with Crippen LogP contribution in [-0.4, -0.2) is 24.2 Å². The van der Waals surface area contributed by atoms with Crippen molar-refractivity contribution < 1.29 is 14.3 Å². The zero-order valence-corrected chi connectivity index (χ0v) is 12.1. The largest absolute Gasteiger partial charge is 0.477 e. The summed E-state index contributed by atoms with van der Waals surface area (Å²) in [6.07, 6.45) is 0. The van der Waals surface area contributed by atoms with E-state index in [4.69, 9.17) is 4.42 Å². The highest BCUT2D eigenvalue weighted by Crippen LogP contribution is 2.38. The second kappa shape index (κ2) is 5.04. The van der Waals surface area contributed by atoms with Gasteiger partial charge in [0.25, 0.3) is 0 Å². The van der Waals surface area contributed by atoms with Crippen molar-refractivity contribution in [3.8, 4) is 0 Å². The molecule has 1 N–H and O–H groups in total. The molecule has 0 saturated carbocycles. The molecule has 102 valence electrons. The zero-order chi connectivity index (χ0) is 14.1. The molecule has 4 heteroatoms. The van der Waals surface area contributed by atoms with Gasteiger partial charge in [-0.2, -0.15) is 0 Å². The standard InChI is InChI=1S/C14H23NO3/c1-7-15(8-2)11-10(13(16)17)9(3)18-12(11)14(4,5)6/h7-8H2,1-6H3,(H,16,17). The maximum atomic E-state index is 11.4. The van der Waals surface area contributed by atoms with Crippen molar-refractivity contribution >= 4 is 11.7 Å². The quantitative estimate of drug-likeness (QED) is 0.893. The molecule has 0 spiro atoms. The van der Waals surface area contributed by atoms with Crippen molar-refractivity contribution in [3.05, 3.63) is 17.1 Å². The summed E-state index contributed by atoms with van der Waals surface area (Å²) in [6.45, 7) is 13.4. The van der Waals surface area contributed by atoms with Gasteiger partial charge < -0.3 is 14.4 Å². The fourth-order valence-corrected chi connectivity index (χ4v) is 2.13. The van der Waals surface area contributed by atoms with Crippen molar-refractivity contribution in [1.29, 1.82) is 0 Å². The lowest BCUT2D eigenvalue weighted by molar-refractivity contribution is 0.0695. The van der Waals surface area contributed by atoms with Crippen molar-refractivity contribution in [2.75, 3.05) is 18.0 Å². The Morgan fingerprint density at radius 3 is 2.11 bits per heavy atom. The summed E-state index contributed by atoms with van der Waals surface area (Å²) in [5.74, 6) is 0.309. The number of anilines is 1. The lowest BCUT2D eigenvalue weighted by Gasteiger charge is -2.26. The second-order valence-electron chi connectivity index (χ2n) is 5.44. The first-order chi connectivity index (χ1) is 8.23. The number of hydrogen-bond donors (Lipinski definition) is 1. The van der Waals surface area contributed by atoms with Gasteiger partial charge in [0.1, 0.15) is 17.1 Å². The number of hydrogen-bond acceptors (Lipinski definition) is 3. The molecule has 0 radical (unpaired) electrons. The molecule has 1 rings (SSSR count). The maximum Gasteiger partial charge on any atom is 0.341 e. The summed E-state index contributed by atoms with van der Waals surface area (Å²) in [4.78, 5) is 13.5. The molecular formula is C14H23NO3. The molecule has 0 bridgehead atoms. The van der Waals surface area contributed by atoms with Gasteiger partial charge in [-0.15, -0.1) is 0 Å². The number of nitrogens with zero attached hydrogens (tertiary/aromatic N) is 1. The van der Waals surface area contributed by atoms with E-state index in [1.807, 2.05) is 39.5 Å². The Kier molecular flexibility index (Phi) is 4.09. The van der Waals surface area contributed by atoms with Gasteiger partial charge in [-0.3, -0.25) is 0 Å². The molecule has 1 aromatic heterocycles. The number of furan rings is 1. The van der Waals surface area contributed by atoms with Gasteiger partial charge in [0.15, 0.2) is 0 Å². The van der Waals surface area contributed by atoms with Gasteiger partial charge >= 0.3 is 5.97 Å². The van der Waals surface area contributed by atoms with E-state index in [1.54, 1.807) is 6.92 Å². The number of aryl methyl sites for hydroxylation is 1. The van der Waals surface area contributed by atoms with Gasteiger partial charge in [0, 0.05) is 18.5 Å². The summed E-state index contributed by atoms with van der Waals surface area (Å²) in [5, 5.41) is 9.38. The predicted molar refractivity (Wildman–Crippen MR) is 72.7 cm³/mol. The third kappa shape index (κ3) is 2.52. The molecule has 0 aliphatic carbocycles. The van der Waals surface area contributed by atoms with Crippen molar-refractivity contribution in [2.45, 2.75) is 47.0 Å². The third-order valence-corrected chi connectivity index (χ3v) is 3.03. The van der Waals surface area contributed by atoms with Crippen LogP contribution in [0.1, 0.15) is 56.5 Å². The van der Waals surface area contributed by atoms with Crippen LogP contribution in [0.2, 0.25) is 0 Å². The molecule has 1 aromatic rings. The minimum absolute atomic E-state index is 0.212. The Bertz CT molecular complexity index is 437. The first kappa shape index (κ1) is 14.6. The second-order valence-corrected chi connectivity index (χ2v) is 5.44. The van der Waals surface area contributed by atoms with Crippen molar-refractivity contribution in [2.24, 2.45) is 0 Å². The molecule has 4 nitrogen and oxygen atoms in total. The molecule has 18 heavy (non-hydrogen) atoms. The van der Waals surface area contributed by atoms with E-state index in [9.17, 15) is 9.90 Å². The van der Waals surface area contributed by atoms with Crippen LogP contribution in [0, 0.1) is 6.92 Å². The number of carboxylic acid groups (broad SMARTS) is 1. The number of carbonyl (C=O) groups is 1. The number of carboxylic acids is 1. The number of rotatable bonds is 4. The van der Waals surface area contributed by atoms with Crippen LogP contribution in [0.25, 0.3) is 0 Å². The molecule has 0 aromatic carbocycles. The lowest BCUT2D eigenvalue weighted by atomic mass is 9.91. The molecule has 0 atom stereocenters. The Morgan fingerprint density at radius 1 is 1.28 bits per heavy atom. The molecule has 0 amide bonds. The summed E-state index contributed by atoms with van der Waals surface area (Å²) >= 11 is 0. The molecular weight excluding hydrogens is 230 g/mol. The van der Waals surface area contributed by atoms with Crippen LogP contribution in [0.3, 0.4) is 0 Å².